The van der Waals surface area contributed by atoms with E-state index in [1.54, 1.807) is 18.3 Å². The van der Waals surface area contributed by atoms with Gasteiger partial charge in [0.1, 0.15) is 5.82 Å². The van der Waals surface area contributed by atoms with Gasteiger partial charge in [0.2, 0.25) is 0 Å². The second-order valence-electron chi connectivity index (χ2n) is 4.42. The van der Waals surface area contributed by atoms with Crippen LogP contribution in [0.5, 0.6) is 0 Å². The topological polar surface area (TPSA) is 24.9 Å². The van der Waals surface area contributed by atoms with Crippen molar-refractivity contribution in [2.75, 3.05) is 0 Å². The second kappa shape index (κ2) is 5.74. The lowest BCUT2D eigenvalue weighted by molar-refractivity contribution is 0.558. The second-order valence-corrected chi connectivity index (χ2v) is 4.42. The standard InChI is InChI=1S/C15H17FN2/c1-11-5-4-8-17-15(11)10-18-12(2)13-6-3-7-14(16)9-13/h3-9,12,18H,10H2,1-2H3. The van der Waals surface area contributed by atoms with E-state index in [4.69, 9.17) is 0 Å². The number of pyridine rings is 1. The molecule has 0 fully saturated rings. The van der Waals surface area contributed by atoms with E-state index < -0.39 is 0 Å². The number of hydrogen-bond acceptors (Lipinski definition) is 2. The minimum Gasteiger partial charge on any atom is -0.305 e. The number of aryl methyl sites for hydroxylation is 1. The summed E-state index contributed by atoms with van der Waals surface area (Å²) in [6.45, 7) is 4.74. The van der Waals surface area contributed by atoms with Crippen LogP contribution >= 0.6 is 0 Å². The van der Waals surface area contributed by atoms with Crippen molar-refractivity contribution in [3.8, 4) is 0 Å². The predicted octanol–water partition coefficient (Wildman–Crippen LogP) is 3.38. The van der Waals surface area contributed by atoms with E-state index in [1.165, 1.54) is 6.07 Å². The summed E-state index contributed by atoms with van der Waals surface area (Å²) in [6, 6.07) is 10.7. The van der Waals surface area contributed by atoms with Crippen LogP contribution in [0, 0.1) is 12.7 Å². The highest BCUT2D eigenvalue weighted by Gasteiger charge is 2.06. The monoisotopic (exact) mass is 244 g/mol. The molecule has 3 heteroatoms. The molecule has 2 aromatic rings. The van der Waals surface area contributed by atoms with Crippen LogP contribution in [0.4, 0.5) is 4.39 Å². The zero-order valence-corrected chi connectivity index (χ0v) is 10.7. The molecule has 0 aliphatic rings. The average molecular weight is 244 g/mol. The first-order valence-corrected chi connectivity index (χ1v) is 6.06. The van der Waals surface area contributed by atoms with E-state index in [0.717, 1.165) is 16.8 Å². The molecule has 2 rings (SSSR count). The van der Waals surface area contributed by atoms with E-state index in [2.05, 4.69) is 10.3 Å². The molecule has 0 saturated heterocycles. The fourth-order valence-electron chi connectivity index (χ4n) is 1.85. The molecule has 0 radical (unpaired) electrons. The first-order valence-electron chi connectivity index (χ1n) is 6.06. The Morgan fingerprint density at radius 1 is 1.28 bits per heavy atom. The normalized spacial score (nSPS) is 12.4. The molecule has 0 saturated carbocycles. The third-order valence-electron chi connectivity index (χ3n) is 3.04. The maximum atomic E-state index is 13.1. The number of halogens is 1. The number of aromatic nitrogens is 1. The van der Waals surface area contributed by atoms with Gasteiger partial charge in [0.25, 0.3) is 0 Å². The highest BCUT2D eigenvalue weighted by atomic mass is 19.1. The van der Waals surface area contributed by atoms with Crippen LogP contribution in [0.15, 0.2) is 42.6 Å². The zero-order valence-electron chi connectivity index (χ0n) is 10.7. The summed E-state index contributed by atoms with van der Waals surface area (Å²) in [5, 5.41) is 3.35. The molecule has 1 unspecified atom stereocenters. The Hall–Kier alpha value is -1.74. The molecule has 18 heavy (non-hydrogen) atoms. The van der Waals surface area contributed by atoms with E-state index in [9.17, 15) is 4.39 Å². The van der Waals surface area contributed by atoms with Gasteiger partial charge < -0.3 is 5.32 Å². The Morgan fingerprint density at radius 2 is 2.11 bits per heavy atom. The molecule has 1 atom stereocenters. The zero-order chi connectivity index (χ0) is 13.0. The lowest BCUT2D eigenvalue weighted by Gasteiger charge is -2.14. The van der Waals surface area contributed by atoms with Gasteiger partial charge in [-0.2, -0.15) is 0 Å². The Bertz CT molecular complexity index is 525. The highest BCUT2D eigenvalue weighted by molar-refractivity contribution is 5.21. The fraction of sp³-hybridized carbons (Fsp3) is 0.267. The number of nitrogens with one attached hydrogen (secondary N) is 1. The van der Waals surface area contributed by atoms with Gasteiger partial charge in [0.15, 0.2) is 0 Å². The Morgan fingerprint density at radius 3 is 2.83 bits per heavy atom. The third-order valence-corrected chi connectivity index (χ3v) is 3.04. The van der Waals surface area contributed by atoms with Gasteiger partial charge in [-0.25, -0.2) is 4.39 Å². The number of nitrogens with zero attached hydrogens (tertiary/aromatic N) is 1. The minimum absolute atomic E-state index is 0.0992. The predicted molar refractivity (Wildman–Crippen MR) is 70.6 cm³/mol. The first-order chi connectivity index (χ1) is 8.66. The van der Waals surface area contributed by atoms with Gasteiger partial charge >= 0.3 is 0 Å². The average Bonchev–Trinajstić information content (AvgIpc) is 2.37. The summed E-state index contributed by atoms with van der Waals surface area (Å²) in [6.07, 6.45) is 1.79. The summed E-state index contributed by atoms with van der Waals surface area (Å²) in [7, 11) is 0. The smallest absolute Gasteiger partial charge is 0.123 e. The summed E-state index contributed by atoms with van der Waals surface area (Å²) in [4.78, 5) is 4.32. The van der Waals surface area contributed by atoms with Crippen molar-refractivity contribution in [2.24, 2.45) is 0 Å². The van der Waals surface area contributed by atoms with Gasteiger partial charge in [-0.1, -0.05) is 18.2 Å². The highest BCUT2D eigenvalue weighted by Crippen LogP contribution is 2.14. The van der Waals surface area contributed by atoms with E-state index in [1.807, 2.05) is 32.0 Å². The molecule has 1 aromatic heterocycles. The van der Waals surface area contributed by atoms with Crippen LogP contribution in [0.25, 0.3) is 0 Å². The molecule has 0 spiro atoms. The maximum absolute atomic E-state index is 13.1. The first kappa shape index (κ1) is 12.7. The summed E-state index contributed by atoms with van der Waals surface area (Å²) >= 11 is 0. The SMILES string of the molecule is Cc1cccnc1CNC(C)c1cccc(F)c1. The molecular formula is C15H17FN2. The molecule has 1 aromatic carbocycles. The summed E-state index contributed by atoms with van der Waals surface area (Å²) in [5.41, 5.74) is 3.14. The van der Waals surface area contributed by atoms with Gasteiger partial charge in [0.05, 0.1) is 5.69 Å². The largest absolute Gasteiger partial charge is 0.305 e. The van der Waals surface area contributed by atoms with Crippen molar-refractivity contribution < 1.29 is 4.39 Å². The molecular weight excluding hydrogens is 227 g/mol. The molecule has 0 aliphatic heterocycles. The lowest BCUT2D eigenvalue weighted by atomic mass is 10.1. The summed E-state index contributed by atoms with van der Waals surface area (Å²) in [5.74, 6) is -0.199. The van der Waals surface area contributed by atoms with Crippen LogP contribution < -0.4 is 5.32 Å². The van der Waals surface area contributed by atoms with Gasteiger partial charge in [0, 0.05) is 18.8 Å². The van der Waals surface area contributed by atoms with E-state index in [0.29, 0.717) is 6.54 Å². The van der Waals surface area contributed by atoms with Crippen molar-refractivity contribution in [1.29, 1.82) is 0 Å². The van der Waals surface area contributed by atoms with Crippen LogP contribution in [0.2, 0.25) is 0 Å². The number of rotatable bonds is 4. The molecule has 1 heterocycles. The minimum atomic E-state index is -0.199. The quantitative estimate of drug-likeness (QED) is 0.891. The number of hydrogen-bond donors (Lipinski definition) is 1. The van der Waals surface area contributed by atoms with Crippen molar-refractivity contribution in [1.82, 2.24) is 10.3 Å². The van der Waals surface area contributed by atoms with Crippen LogP contribution in [0.1, 0.15) is 29.8 Å². The molecule has 0 aliphatic carbocycles. The maximum Gasteiger partial charge on any atom is 0.123 e. The molecule has 94 valence electrons. The Kier molecular flexibility index (Phi) is 4.05. The Balaban J connectivity index is 2.00. The summed E-state index contributed by atoms with van der Waals surface area (Å²) < 4.78 is 13.1. The van der Waals surface area contributed by atoms with Crippen molar-refractivity contribution in [3.63, 3.8) is 0 Å². The van der Waals surface area contributed by atoms with Gasteiger partial charge in [-0.15, -0.1) is 0 Å². The van der Waals surface area contributed by atoms with Crippen molar-refractivity contribution in [3.05, 3.63) is 65.2 Å². The van der Waals surface area contributed by atoms with Crippen LogP contribution in [-0.4, -0.2) is 4.98 Å². The van der Waals surface area contributed by atoms with Gasteiger partial charge in [-0.3, -0.25) is 4.98 Å². The van der Waals surface area contributed by atoms with E-state index >= 15 is 0 Å². The fourth-order valence-corrected chi connectivity index (χ4v) is 1.85. The number of benzene rings is 1. The lowest BCUT2D eigenvalue weighted by Crippen LogP contribution is -2.19. The molecule has 0 amide bonds. The molecule has 2 nitrogen and oxygen atoms in total. The van der Waals surface area contributed by atoms with Gasteiger partial charge in [-0.05, 0) is 43.2 Å². The molecule has 1 N–H and O–H groups in total. The van der Waals surface area contributed by atoms with Crippen LogP contribution in [0.3, 0.4) is 0 Å². The van der Waals surface area contributed by atoms with Crippen molar-refractivity contribution >= 4 is 0 Å². The molecule has 0 bridgehead atoms. The van der Waals surface area contributed by atoms with E-state index in [-0.39, 0.29) is 11.9 Å². The van der Waals surface area contributed by atoms with Crippen molar-refractivity contribution in [2.45, 2.75) is 26.4 Å². The third kappa shape index (κ3) is 3.14. The Labute approximate surface area is 107 Å². The van der Waals surface area contributed by atoms with Crippen LogP contribution in [-0.2, 0) is 6.54 Å².